The number of halogens is 2. The number of rotatable bonds is 8. The van der Waals surface area contributed by atoms with Crippen LogP contribution < -0.4 is 10.2 Å². The van der Waals surface area contributed by atoms with Gasteiger partial charge in [-0.2, -0.15) is 0 Å². The second-order valence-electron chi connectivity index (χ2n) is 7.48. The normalized spacial score (nSPS) is 15.7. The number of carbonyl (C=O) groups is 1. The molecule has 150 valence electrons. The Balaban J connectivity index is 1.46. The molecule has 1 aliphatic carbocycles. The van der Waals surface area contributed by atoms with E-state index in [0.29, 0.717) is 19.1 Å². The van der Waals surface area contributed by atoms with E-state index in [1.807, 2.05) is 17.5 Å². The Hall–Kier alpha value is -2.57. The highest BCUT2D eigenvalue weighted by Crippen LogP contribution is 2.26. The Kier molecular flexibility index (Phi) is 6.02. The summed E-state index contributed by atoms with van der Waals surface area (Å²) in [5, 5.41) is 5.10. The third kappa shape index (κ3) is 5.28. The first-order valence-corrected chi connectivity index (χ1v) is 10.6. The zero-order chi connectivity index (χ0) is 20.2. The number of carbonyl (C=O) groups excluding carboxylic acids is 1. The third-order valence-electron chi connectivity index (χ3n) is 5.22. The Morgan fingerprint density at radius 3 is 2.28 bits per heavy atom. The number of thiophene rings is 1. The van der Waals surface area contributed by atoms with Gasteiger partial charge in [-0.05, 0) is 41.3 Å². The van der Waals surface area contributed by atoms with Gasteiger partial charge in [-0.1, -0.05) is 30.3 Å². The molecule has 0 bridgehead atoms. The van der Waals surface area contributed by atoms with E-state index in [0.717, 1.165) is 28.8 Å². The molecule has 3 aromatic rings. The predicted octanol–water partition coefficient (Wildman–Crippen LogP) is 3.48. The van der Waals surface area contributed by atoms with Crippen LogP contribution in [0.5, 0.6) is 0 Å². The summed E-state index contributed by atoms with van der Waals surface area (Å²) in [4.78, 5) is 15.1. The number of benzene rings is 2. The fourth-order valence-corrected chi connectivity index (χ4v) is 4.36. The molecular formula is C23H23F2N2OS+. The third-order valence-corrected chi connectivity index (χ3v) is 6.16. The molecule has 1 unspecified atom stereocenters. The second kappa shape index (κ2) is 8.84. The number of hydrogen-bond donors (Lipinski definition) is 2. The maximum atomic E-state index is 13.3. The van der Waals surface area contributed by atoms with Crippen molar-refractivity contribution in [1.29, 1.82) is 0 Å². The van der Waals surface area contributed by atoms with Gasteiger partial charge in [0.15, 0.2) is 6.54 Å². The van der Waals surface area contributed by atoms with Crippen LogP contribution in [0.3, 0.4) is 0 Å². The molecule has 6 heteroatoms. The highest BCUT2D eigenvalue weighted by Gasteiger charge is 2.35. The molecule has 0 spiro atoms. The molecule has 1 heterocycles. The van der Waals surface area contributed by atoms with Gasteiger partial charge in [-0.25, -0.2) is 8.78 Å². The Morgan fingerprint density at radius 1 is 1.03 bits per heavy atom. The predicted molar refractivity (Wildman–Crippen MR) is 110 cm³/mol. The molecule has 1 amide bonds. The van der Waals surface area contributed by atoms with E-state index in [-0.39, 0.29) is 23.6 Å². The van der Waals surface area contributed by atoms with Gasteiger partial charge in [0.1, 0.15) is 18.2 Å². The van der Waals surface area contributed by atoms with Gasteiger partial charge in [0.05, 0.1) is 12.1 Å². The van der Waals surface area contributed by atoms with Crippen molar-refractivity contribution in [3.63, 3.8) is 0 Å². The standard InChI is InChI=1S/C23H22F2N2OS/c24-18-7-3-16(4-8-18)14-27(20-11-12-20)15-22(28)26-23(21-2-1-13-29-21)17-5-9-19(25)10-6-17/h1-10,13,20,23H,11-12,14-15H2,(H,26,28)/p+1/t23-/m1/s1. The molecule has 1 saturated carbocycles. The van der Waals surface area contributed by atoms with Gasteiger partial charge in [-0.15, -0.1) is 11.3 Å². The first-order chi connectivity index (χ1) is 14.1. The first kappa shape index (κ1) is 19.7. The maximum Gasteiger partial charge on any atom is 0.275 e. The minimum Gasteiger partial charge on any atom is -0.339 e. The van der Waals surface area contributed by atoms with E-state index >= 15 is 0 Å². The molecule has 29 heavy (non-hydrogen) atoms. The van der Waals surface area contributed by atoms with Gasteiger partial charge in [0.2, 0.25) is 0 Å². The summed E-state index contributed by atoms with van der Waals surface area (Å²) < 4.78 is 26.5. The van der Waals surface area contributed by atoms with Gasteiger partial charge < -0.3 is 10.2 Å². The summed E-state index contributed by atoms with van der Waals surface area (Å²) in [6, 6.07) is 16.8. The summed E-state index contributed by atoms with van der Waals surface area (Å²) in [7, 11) is 0. The van der Waals surface area contributed by atoms with E-state index in [9.17, 15) is 13.6 Å². The van der Waals surface area contributed by atoms with Crippen LogP contribution >= 0.6 is 11.3 Å². The molecule has 2 aromatic carbocycles. The number of hydrogen-bond acceptors (Lipinski definition) is 2. The molecule has 0 saturated heterocycles. The van der Waals surface area contributed by atoms with Crippen LogP contribution in [0.4, 0.5) is 8.78 Å². The fraction of sp³-hybridized carbons (Fsp3) is 0.261. The minimum absolute atomic E-state index is 0.0447. The Bertz CT molecular complexity index is 938. The van der Waals surface area contributed by atoms with Crippen molar-refractivity contribution in [2.45, 2.75) is 31.5 Å². The lowest BCUT2D eigenvalue weighted by molar-refractivity contribution is -0.917. The zero-order valence-corrected chi connectivity index (χ0v) is 16.7. The number of amides is 1. The molecule has 1 fully saturated rings. The largest absolute Gasteiger partial charge is 0.339 e. The van der Waals surface area contributed by atoms with Crippen LogP contribution in [0.15, 0.2) is 66.0 Å². The second-order valence-corrected chi connectivity index (χ2v) is 8.46. The Morgan fingerprint density at radius 2 is 1.69 bits per heavy atom. The van der Waals surface area contributed by atoms with Crippen LogP contribution in [0, 0.1) is 11.6 Å². The van der Waals surface area contributed by atoms with E-state index in [2.05, 4.69) is 5.32 Å². The average Bonchev–Trinajstić information content (AvgIpc) is 3.42. The van der Waals surface area contributed by atoms with E-state index in [1.54, 1.807) is 35.6 Å². The maximum absolute atomic E-state index is 13.3. The van der Waals surface area contributed by atoms with E-state index in [4.69, 9.17) is 0 Å². The molecule has 0 aliphatic heterocycles. The van der Waals surface area contributed by atoms with Crippen molar-refractivity contribution in [3.8, 4) is 0 Å². The summed E-state index contributed by atoms with van der Waals surface area (Å²) in [5.41, 5.74) is 1.88. The fourth-order valence-electron chi connectivity index (χ4n) is 3.55. The molecule has 2 atom stereocenters. The van der Waals surface area contributed by atoms with Crippen molar-refractivity contribution >= 4 is 17.2 Å². The molecular weight excluding hydrogens is 390 g/mol. The van der Waals surface area contributed by atoms with Crippen molar-refractivity contribution < 1.29 is 18.5 Å². The molecule has 2 N–H and O–H groups in total. The smallest absolute Gasteiger partial charge is 0.275 e. The Labute approximate surface area is 173 Å². The van der Waals surface area contributed by atoms with Crippen LogP contribution in [-0.4, -0.2) is 18.5 Å². The van der Waals surface area contributed by atoms with Crippen LogP contribution in [0.1, 0.15) is 34.9 Å². The van der Waals surface area contributed by atoms with E-state index in [1.165, 1.54) is 29.2 Å². The number of quaternary nitrogens is 1. The quantitative estimate of drug-likeness (QED) is 0.583. The first-order valence-electron chi connectivity index (χ1n) is 9.76. The lowest BCUT2D eigenvalue weighted by Crippen LogP contribution is -3.13. The highest BCUT2D eigenvalue weighted by atomic mass is 32.1. The monoisotopic (exact) mass is 413 g/mol. The molecule has 1 aliphatic rings. The molecule has 3 nitrogen and oxygen atoms in total. The van der Waals surface area contributed by atoms with Gasteiger partial charge >= 0.3 is 0 Å². The molecule has 0 radical (unpaired) electrons. The van der Waals surface area contributed by atoms with Gasteiger partial charge in [0.25, 0.3) is 5.91 Å². The molecule has 1 aromatic heterocycles. The topological polar surface area (TPSA) is 33.5 Å². The van der Waals surface area contributed by atoms with Crippen LogP contribution in [0.25, 0.3) is 0 Å². The average molecular weight is 414 g/mol. The summed E-state index contributed by atoms with van der Waals surface area (Å²) in [6.45, 7) is 1.05. The summed E-state index contributed by atoms with van der Waals surface area (Å²) in [6.07, 6.45) is 2.21. The lowest BCUT2D eigenvalue weighted by atomic mass is 10.1. The van der Waals surface area contributed by atoms with Crippen LogP contribution in [0.2, 0.25) is 0 Å². The lowest BCUT2D eigenvalue weighted by Gasteiger charge is -2.22. The number of nitrogens with one attached hydrogen (secondary N) is 2. The highest BCUT2D eigenvalue weighted by molar-refractivity contribution is 7.10. The van der Waals surface area contributed by atoms with Crippen molar-refractivity contribution in [1.82, 2.24) is 5.32 Å². The summed E-state index contributed by atoms with van der Waals surface area (Å²) in [5.74, 6) is -0.594. The minimum atomic E-state index is -0.298. The van der Waals surface area contributed by atoms with Gasteiger partial charge in [0, 0.05) is 23.3 Å². The van der Waals surface area contributed by atoms with Crippen molar-refractivity contribution in [2.24, 2.45) is 0 Å². The molecule has 4 rings (SSSR count). The van der Waals surface area contributed by atoms with E-state index < -0.39 is 0 Å². The SMILES string of the molecule is O=C(C[NH+](Cc1ccc(F)cc1)C1CC1)N[C@H](c1ccc(F)cc1)c1cccs1. The van der Waals surface area contributed by atoms with Crippen LogP contribution in [-0.2, 0) is 11.3 Å². The van der Waals surface area contributed by atoms with Crippen molar-refractivity contribution in [2.75, 3.05) is 6.54 Å². The zero-order valence-electron chi connectivity index (χ0n) is 15.9. The van der Waals surface area contributed by atoms with Gasteiger partial charge in [-0.3, -0.25) is 4.79 Å². The van der Waals surface area contributed by atoms with Crippen molar-refractivity contribution in [3.05, 3.63) is 93.7 Å². The summed E-state index contributed by atoms with van der Waals surface area (Å²) >= 11 is 1.56.